The summed E-state index contributed by atoms with van der Waals surface area (Å²) in [4.78, 5) is 30.7. The van der Waals surface area contributed by atoms with Crippen molar-refractivity contribution >= 4 is 35.1 Å². The van der Waals surface area contributed by atoms with E-state index < -0.39 is 0 Å². The molecular formula is C15H13N3O2S. The molecule has 2 aromatic rings. The van der Waals surface area contributed by atoms with Crippen LogP contribution >= 0.6 is 11.8 Å². The summed E-state index contributed by atoms with van der Waals surface area (Å²) in [5.41, 5.74) is 0.787. The van der Waals surface area contributed by atoms with Crippen LogP contribution in [-0.4, -0.2) is 29.1 Å². The smallest absolute Gasteiger partial charge is 0.245 e. The van der Waals surface area contributed by atoms with Crippen molar-refractivity contribution < 1.29 is 9.59 Å². The van der Waals surface area contributed by atoms with E-state index in [2.05, 4.69) is 10.3 Å². The van der Waals surface area contributed by atoms with Gasteiger partial charge in [-0.25, -0.2) is 4.98 Å². The van der Waals surface area contributed by atoms with Crippen LogP contribution in [0, 0.1) is 0 Å². The molecule has 1 N–H and O–H groups in total. The predicted octanol–water partition coefficient (Wildman–Crippen LogP) is 2.16. The number of nitrogens with one attached hydrogen (secondary N) is 1. The molecule has 1 aliphatic rings. The second-order valence-electron chi connectivity index (χ2n) is 4.50. The van der Waals surface area contributed by atoms with Gasteiger partial charge in [0.2, 0.25) is 11.8 Å². The van der Waals surface area contributed by atoms with Gasteiger partial charge in [0.1, 0.15) is 12.4 Å². The van der Waals surface area contributed by atoms with E-state index in [9.17, 15) is 9.59 Å². The molecule has 0 fully saturated rings. The lowest BCUT2D eigenvalue weighted by Gasteiger charge is -2.28. The van der Waals surface area contributed by atoms with E-state index in [1.165, 1.54) is 16.7 Å². The van der Waals surface area contributed by atoms with Gasteiger partial charge in [0.15, 0.2) is 0 Å². The Labute approximate surface area is 126 Å². The van der Waals surface area contributed by atoms with E-state index in [1.807, 2.05) is 24.3 Å². The minimum Gasteiger partial charge on any atom is -0.309 e. The van der Waals surface area contributed by atoms with Crippen molar-refractivity contribution in [1.29, 1.82) is 0 Å². The topological polar surface area (TPSA) is 62.3 Å². The summed E-state index contributed by atoms with van der Waals surface area (Å²) in [5, 5.41) is 2.69. The molecule has 0 aliphatic carbocycles. The van der Waals surface area contributed by atoms with Gasteiger partial charge in [-0.1, -0.05) is 18.2 Å². The number of fused-ring (bicyclic) bond motifs is 1. The molecule has 106 valence electrons. The second kappa shape index (κ2) is 5.97. The maximum atomic E-state index is 12.1. The molecule has 2 amide bonds. The van der Waals surface area contributed by atoms with E-state index in [1.54, 1.807) is 24.4 Å². The summed E-state index contributed by atoms with van der Waals surface area (Å²) in [6.45, 7) is -0.00696. The summed E-state index contributed by atoms with van der Waals surface area (Å²) in [5.74, 6) is 0.515. The second-order valence-corrected chi connectivity index (χ2v) is 5.52. The average molecular weight is 299 g/mol. The summed E-state index contributed by atoms with van der Waals surface area (Å²) in [6.07, 6.45) is 1.60. The lowest BCUT2D eigenvalue weighted by Crippen LogP contribution is -2.41. The van der Waals surface area contributed by atoms with Crippen molar-refractivity contribution in [3.8, 4) is 0 Å². The van der Waals surface area contributed by atoms with Crippen LogP contribution in [0.3, 0.4) is 0 Å². The highest BCUT2D eigenvalue weighted by atomic mass is 32.2. The maximum absolute atomic E-state index is 12.1. The molecule has 6 heteroatoms. The third kappa shape index (κ3) is 3.05. The van der Waals surface area contributed by atoms with Crippen molar-refractivity contribution in [1.82, 2.24) is 4.98 Å². The summed E-state index contributed by atoms with van der Waals surface area (Å²) >= 11 is 1.50. The molecule has 3 rings (SSSR count). The Morgan fingerprint density at radius 2 is 2.05 bits per heavy atom. The van der Waals surface area contributed by atoms with Gasteiger partial charge in [0.05, 0.1) is 11.4 Å². The zero-order valence-corrected chi connectivity index (χ0v) is 12.0. The Hall–Kier alpha value is -2.34. The number of carbonyl (C=O) groups is 2. The van der Waals surface area contributed by atoms with Crippen molar-refractivity contribution in [2.45, 2.75) is 4.90 Å². The summed E-state index contributed by atoms with van der Waals surface area (Å²) in [7, 11) is 0. The van der Waals surface area contributed by atoms with Crippen LogP contribution in [0.2, 0.25) is 0 Å². The van der Waals surface area contributed by atoms with Crippen molar-refractivity contribution in [3.05, 3.63) is 48.7 Å². The molecule has 0 bridgehead atoms. The Kier molecular flexibility index (Phi) is 3.87. The van der Waals surface area contributed by atoms with Gasteiger partial charge in [-0.05, 0) is 24.3 Å². The molecule has 0 atom stereocenters. The van der Waals surface area contributed by atoms with E-state index >= 15 is 0 Å². The van der Waals surface area contributed by atoms with E-state index in [0.717, 1.165) is 10.6 Å². The van der Waals surface area contributed by atoms with Crippen LogP contribution in [0.1, 0.15) is 0 Å². The lowest BCUT2D eigenvalue weighted by molar-refractivity contribution is -0.120. The first-order valence-electron chi connectivity index (χ1n) is 6.47. The number of benzene rings is 1. The Bertz CT molecular complexity index is 676. The van der Waals surface area contributed by atoms with E-state index in [-0.39, 0.29) is 18.4 Å². The first-order chi connectivity index (χ1) is 10.2. The number of thioether (sulfide) groups is 1. The van der Waals surface area contributed by atoms with Gasteiger partial charge < -0.3 is 10.2 Å². The zero-order chi connectivity index (χ0) is 14.7. The third-order valence-electron chi connectivity index (χ3n) is 3.04. The highest BCUT2D eigenvalue weighted by Crippen LogP contribution is 2.34. The standard InChI is InChI=1S/C15H13N3O2S/c19-14(17-13-7-3-4-8-16-13)9-18-11-5-1-2-6-12(11)21-10-15(18)20/h1-8H,9-10H2,(H,16,17,19). The van der Waals surface area contributed by atoms with Gasteiger partial charge >= 0.3 is 0 Å². The molecule has 0 radical (unpaired) electrons. The number of amides is 2. The molecule has 1 aliphatic heterocycles. The van der Waals surface area contributed by atoms with Crippen molar-refractivity contribution in [3.63, 3.8) is 0 Å². The van der Waals surface area contributed by atoms with Crippen LogP contribution in [0.4, 0.5) is 11.5 Å². The largest absolute Gasteiger partial charge is 0.309 e. The summed E-state index contributed by atoms with van der Waals surface area (Å²) < 4.78 is 0. The summed E-state index contributed by atoms with van der Waals surface area (Å²) in [6, 6.07) is 12.9. The number of aromatic nitrogens is 1. The molecule has 0 saturated carbocycles. The minimum absolute atomic E-state index is 0.00696. The monoisotopic (exact) mass is 299 g/mol. The molecular weight excluding hydrogens is 286 g/mol. The molecule has 1 aromatic carbocycles. The molecule has 2 heterocycles. The highest BCUT2D eigenvalue weighted by molar-refractivity contribution is 8.00. The van der Waals surface area contributed by atoms with Gasteiger partial charge in [0.25, 0.3) is 0 Å². The maximum Gasteiger partial charge on any atom is 0.245 e. The Balaban J connectivity index is 1.75. The fraction of sp³-hybridized carbons (Fsp3) is 0.133. The molecule has 1 aromatic heterocycles. The Morgan fingerprint density at radius 3 is 2.86 bits per heavy atom. The molecule has 0 spiro atoms. The van der Waals surface area contributed by atoms with Crippen molar-refractivity contribution in [2.75, 3.05) is 22.5 Å². The first kappa shape index (κ1) is 13.6. The SMILES string of the molecule is O=C(CN1C(=O)CSc2ccccc21)Nc1ccccn1. The third-order valence-corrected chi connectivity index (χ3v) is 4.09. The predicted molar refractivity (Wildman–Crippen MR) is 82.4 cm³/mol. The Morgan fingerprint density at radius 1 is 1.24 bits per heavy atom. The van der Waals surface area contributed by atoms with Gasteiger partial charge in [-0.3, -0.25) is 9.59 Å². The number of rotatable bonds is 3. The van der Waals surface area contributed by atoms with E-state index in [0.29, 0.717) is 11.6 Å². The van der Waals surface area contributed by atoms with Crippen molar-refractivity contribution in [2.24, 2.45) is 0 Å². The quantitative estimate of drug-likeness (QED) is 0.943. The van der Waals surface area contributed by atoms with Gasteiger partial charge in [-0.15, -0.1) is 11.8 Å². The van der Waals surface area contributed by atoms with Crippen LogP contribution in [0.15, 0.2) is 53.6 Å². The van der Waals surface area contributed by atoms with Gasteiger partial charge in [-0.2, -0.15) is 0 Å². The van der Waals surface area contributed by atoms with Crippen LogP contribution in [-0.2, 0) is 9.59 Å². The number of hydrogen-bond acceptors (Lipinski definition) is 4. The minimum atomic E-state index is -0.260. The lowest BCUT2D eigenvalue weighted by atomic mass is 10.2. The average Bonchev–Trinajstić information content (AvgIpc) is 2.51. The number of para-hydroxylation sites is 1. The van der Waals surface area contributed by atoms with Crippen LogP contribution in [0.25, 0.3) is 0 Å². The molecule has 0 saturated heterocycles. The fourth-order valence-electron chi connectivity index (χ4n) is 2.09. The van der Waals surface area contributed by atoms with Gasteiger partial charge in [0, 0.05) is 11.1 Å². The number of hydrogen-bond donors (Lipinski definition) is 1. The number of nitrogens with zero attached hydrogens (tertiary/aromatic N) is 2. The normalized spacial score (nSPS) is 13.7. The first-order valence-corrected chi connectivity index (χ1v) is 7.46. The molecule has 5 nitrogen and oxygen atoms in total. The van der Waals surface area contributed by atoms with E-state index in [4.69, 9.17) is 0 Å². The molecule has 21 heavy (non-hydrogen) atoms. The van der Waals surface area contributed by atoms with Crippen LogP contribution in [0.5, 0.6) is 0 Å². The number of anilines is 2. The molecule has 0 unspecified atom stereocenters. The fourth-order valence-corrected chi connectivity index (χ4v) is 3.03. The zero-order valence-electron chi connectivity index (χ0n) is 11.2. The highest BCUT2D eigenvalue weighted by Gasteiger charge is 2.26. The van der Waals surface area contributed by atoms with Crippen LogP contribution < -0.4 is 10.2 Å². The number of carbonyl (C=O) groups excluding carboxylic acids is 2. The number of pyridine rings is 1.